The molecule has 0 aliphatic heterocycles. The molecule has 1 rings (SSSR count). The van der Waals surface area contributed by atoms with Gasteiger partial charge in [-0.3, -0.25) is 0 Å². The van der Waals surface area contributed by atoms with Gasteiger partial charge in [0.15, 0.2) is 0 Å². The molecule has 1 atom stereocenters. The van der Waals surface area contributed by atoms with E-state index in [1.807, 2.05) is 0 Å². The third-order valence-corrected chi connectivity index (χ3v) is 1.79. The Balaban J connectivity index is 3.13. The fourth-order valence-electron chi connectivity index (χ4n) is 1.03. The lowest BCUT2D eigenvalue weighted by molar-refractivity contribution is 0.115. The number of nitriles is 1. The highest BCUT2D eigenvalue weighted by molar-refractivity contribution is 5.42. The van der Waals surface area contributed by atoms with Gasteiger partial charge in [-0.05, 0) is 18.2 Å². The monoisotopic (exact) mass is 198 g/mol. The summed E-state index contributed by atoms with van der Waals surface area (Å²) in [5.74, 6) is -0.322. The van der Waals surface area contributed by atoms with Crippen LogP contribution in [0.1, 0.15) is 17.2 Å². The standard InChI is InChI=1S/C9H8F2N2O/c10-9(11)8(13)6-3-5(4-12)1-2-7(6)14/h1-3,8-9,14H,13H2/t8-/m0/s1. The van der Waals surface area contributed by atoms with E-state index in [0.29, 0.717) is 0 Å². The fourth-order valence-corrected chi connectivity index (χ4v) is 1.03. The summed E-state index contributed by atoms with van der Waals surface area (Å²) in [6, 6.07) is 3.88. The molecule has 14 heavy (non-hydrogen) atoms. The molecule has 3 N–H and O–H groups in total. The van der Waals surface area contributed by atoms with Gasteiger partial charge in [0.2, 0.25) is 0 Å². The third kappa shape index (κ3) is 1.98. The van der Waals surface area contributed by atoms with Crippen LogP contribution in [0.25, 0.3) is 0 Å². The molecule has 0 bridgehead atoms. The highest BCUT2D eigenvalue weighted by Gasteiger charge is 2.20. The Kier molecular flexibility index (Phi) is 2.99. The maximum absolute atomic E-state index is 12.2. The number of phenols is 1. The summed E-state index contributed by atoms with van der Waals surface area (Å²) in [4.78, 5) is 0. The second kappa shape index (κ2) is 4.03. The molecule has 0 amide bonds. The number of nitrogens with zero attached hydrogens (tertiary/aromatic N) is 1. The minimum Gasteiger partial charge on any atom is -0.508 e. The van der Waals surface area contributed by atoms with Crippen molar-refractivity contribution in [1.29, 1.82) is 5.26 Å². The van der Waals surface area contributed by atoms with Crippen LogP contribution in [0, 0.1) is 11.3 Å². The molecule has 0 saturated heterocycles. The van der Waals surface area contributed by atoms with Crippen molar-refractivity contribution in [3.8, 4) is 11.8 Å². The smallest absolute Gasteiger partial charge is 0.257 e. The van der Waals surface area contributed by atoms with E-state index in [0.717, 1.165) is 6.07 Å². The van der Waals surface area contributed by atoms with Crippen molar-refractivity contribution in [2.45, 2.75) is 12.5 Å². The summed E-state index contributed by atoms with van der Waals surface area (Å²) in [5.41, 5.74) is 5.22. The van der Waals surface area contributed by atoms with Crippen LogP contribution in [-0.2, 0) is 0 Å². The second-order valence-corrected chi connectivity index (χ2v) is 2.75. The van der Waals surface area contributed by atoms with Gasteiger partial charge in [-0.1, -0.05) is 0 Å². The van der Waals surface area contributed by atoms with Crippen molar-refractivity contribution in [3.05, 3.63) is 29.3 Å². The van der Waals surface area contributed by atoms with Crippen molar-refractivity contribution >= 4 is 0 Å². The average molecular weight is 198 g/mol. The van der Waals surface area contributed by atoms with Crippen LogP contribution in [-0.4, -0.2) is 11.5 Å². The summed E-state index contributed by atoms with van der Waals surface area (Å²) in [5, 5.41) is 17.7. The van der Waals surface area contributed by atoms with Gasteiger partial charge in [0.1, 0.15) is 5.75 Å². The fraction of sp³-hybridized carbons (Fsp3) is 0.222. The molecule has 0 spiro atoms. The Labute approximate surface area is 79.4 Å². The molecule has 3 nitrogen and oxygen atoms in total. The normalized spacial score (nSPS) is 12.5. The van der Waals surface area contributed by atoms with E-state index in [1.165, 1.54) is 12.1 Å². The van der Waals surface area contributed by atoms with E-state index >= 15 is 0 Å². The number of nitrogens with two attached hydrogens (primary N) is 1. The number of halogens is 2. The molecule has 0 aromatic heterocycles. The van der Waals surface area contributed by atoms with Gasteiger partial charge >= 0.3 is 0 Å². The van der Waals surface area contributed by atoms with Gasteiger partial charge in [-0.25, -0.2) is 8.78 Å². The first kappa shape index (κ1) is 10.4. The van der Waals surface area contributed by atoms with Gasteiger partial charge < -0.3 is 10.8 Å². The molecular weight excluding hydrogens is 190 g/mol. The van der Waals surface area contributed by atoms with Crippen molar-refractivity contribution in [2.24, 2.45) is 5.73 Å². The van der Waals surface area contributed by atoms with E-state index in [2.05, 4.69) is 0 Å². The number of phenolic OH excluding ortho intramolecular Hbond substituents is 1. The van der Waals surface area contributed by atoms with Crippen molar-refractivity contribution < 1.29 is 13.9 Å². The van der Waals surface area contributed by atoms with Crippen LogP contribution >= 0.6 is 0 Å². The van der Waals surface area contributed by atoms with E-state index in [4.69, 9.17) is 11.0 Å². The molecule has 0 saturated carbocycles. The highest BCUT2D eigenvalue weighted by atomic mass is 19.3. The van der Waals surface area contributed by atoms with Crippen molar-refractivity contribution in [1.82, 2.24) is 0 Å². The van der Waals surface area contributed by atoms with E-state index in [-0.39, 0.29) is 16.9 Å². The molecule has 0 radical (unpaired) electrons. The first-order chi connectivity index (χ1) is 6.56. The SMILES string of the molecule is N#Cc1ccc(O)c([C@H](N)C(F)F)c1. The first-order valence-electron chi connectivity index (χ1n) is 3.83. The van der Waals surface area contributed by atoms with Gasteiger partial charge in [0.05, 0.1) is 17.7 Å². The maximum Gasteiger partial charge on any atom is 0.257 e. The molecule has 0 heterocycles. The molecule has 0 fully saturated rings. The Morgan fingerprint density at radius 1 is 1.43 bits per heavy atom. The highest BCUT2D eigenvalue weighted by Crippen LogP contribution is 2.27. The lowest BCUT2D eigenvalue weighted by atomic mass is 10.0. The molecule has 1 aromatic rings. The molecule has 0 aliphatic rings. The van der Waals surface area contributed by atoms with Crippen LogP contribution in [0.4, 0.5) is 8.78 Å². The minimum atomic E-state index is -2.77. The van der Waals surface area contributed by atoms with Crippen LogP contribution in [0.5, 0.6) is 5.75 Å². The molecule has 74 valence electrons. The minimum absolute atomic E-state index is 0.112. The van der Waals surface area contributed by atoms with Crippen molar-refractivity contribution in [3.63, 3.8) is 0 Å². The number of rotatable bonds is 2. The summed E-state index contributed by atoms with van der Waals surface area (Å²) in [6.45, 7) is 0. The summed E-state index contributed by atoms with van der Waals surface area (Å²) in [6.07, 6.45) is -2.77. The topological polar surface area (TPSA) is 70.0 Å². The van der Waals surface area contributed by atoms with Crippen molar-refractivity contribution in [2.75, 3.05) is 0 Å². The van der Waals surface area contributed by atoms with Crippen LogP contribution in [0.15, 0.2) is 18.2 Å². The second-order valence-electron chi connectivity index (χ2n) is 2.75. The zero-order valence-corrected chi connectivity index (χ0v) is 7.11. The lowest BCUT2D eigenvalue weighted by Gasteiger charge is -2.12. The number of alkyl halides is 2. The van der Waals surface area contributed by atoms with Gasteiger partial charge in [0, 0.05) is 5.56 Å². The predicted molar refractivity (Wildman–Crippen MR) is 45.8 cm³/mol. The van der Waals surface area contributed by atoms with Crippen LogP contribution in [0.3, 0.4) is 0 Å². The Morgan fingerprint density at radius 2 is 2.07 bits per heavy atom. The van der Waals surface area contributed by atoms with Gasteiger partial charge in [-0.2, -0.15) is 5.26 Å². The predicted octanol–water partition coefficient (Wildman–Crippen LogP) is 1.53. The molecule has 0 unspecified atom stereocenters. The number of aromatic hydroxyl groups is 1. The Bertz CT molecular complexity index is 374. The van der Waals surface area contributed by atoms with E-state index in [9.17, 15) is 13.9 Å². The van der Waals surface area contributed by atoms with Gasteiger partial charge in [0.25, 0.3) is 6.43 Å². The summed E-state index contributed by atoms with van der Waals surface area (Å²) >= 11 is 0. The zero-order valence-electron chi connectivity index (χ0n) is 7.11. The average Bonchev–Trinajstić information content (AvgIpc) is 2.17. The van der Waals surface area contributed by atoms with E-state index < -0.39 is 12.5 Å². The number of hydrogen-bond acceptors (Lipinski definition) is 3. The summed E-state index contributed by atoms with van der Waals surface area (Å²) in [7, 11) is 0. The lowest BCUT2D eigenvalue weighted by Crippen LogP contribution is -2.19. The first-order valence-corrected chi connectivity index (χ1v) is 3.83. The zero-order chi connectivity index (χ0) is 10.7. The van der Waals surface area contributed by atoms with Crippen LogP contribution in [0.2, 0.25) is 0 Å². The molecule has 5 heteroatoms. The van der Waals surface area contributed by atoms with Crippen LogP contribution < -0.4 is 5.73 Å². The summed E-state index contributed by atoms with van der Waals surface area (Å²) < 4.78 is 24.4. The molecule has 0 aliphatic carbocycles. The largest absolute Gasteiger partial charge is 0.508 e. The molecular formula is C9H8F2N2O. The Morgan fingerprint density at radius 3 is 2.57 bits per heavy atom. The molecule has 1 aromatic carbocycles. The maximum atomic E-state index is 12.2. The third-order valence-electron chi connectivity index (χ3n) is 1.79. The Hall–Kier alpha value is -1.67. The quantitative estimate of drug-likeness (QED) is 0.757. The number of hydrogen-bond donors (Lipinski definition) is 2. The van der Waals surface area contributed by atoms with Gasteiger partial charge in [-0.15, -0.1) is 0 Å². The number of benzene rings is 1. The van der Waals surface area contributed by atoms with E-state index in [1.54, 1.807) is 6.07 Å².